The summed E-state index contributed by atoms with van der Waals surface area (Å²) in [4.78, 5) is 3.97. The number of methoxy groups -OCH3 is 1. The Labute approximate surface area is 128 Å². The standard InChI is InChI=1S/C12H13Br2N3O2/c1-18-12-8(4-9(13)5-10(12)14)6-15-3-2-11-16-7-17-19-11/h4-5,7,15H,2-3,6H2,1H3. The Morgan fingerprint density at radius 2 is 2.21 bits per heavy atom. The number of rotatable bonds is 6. The highest BCUT2D eigenvalue weighted by Gasteiger charge is 2.09. The van der Waals surface area contributed by atoms with Gasteiger partial charge in [0.2, 0.25) is 5.89 Å². The first-order chi connectivity index (χ1) is 9.20. The maximum atomic E-state index is 5.39. The third-order valence-electron chi connectivity index (χ3n) is 2.53. The number of nitrogens with one attached hydrogen (secondary N) is 1. The molecule has 0 saturated heterocycles. The number of hydrogen-bond donors (Lipinski definition) is 1. The van der Waals surface area contributed by atoms with Crippen LogP contribution < -0.4 is 10.1 Å². The number of ether oxygens (including phenoxy) is 1. The molecule has 0 aliphatic heterocycles. The van der Waals surface area contributed by atoms with Crippen LogP contribution in [0.1, 0.15) is 11.5 Å². The van der Waals surface area contributed by atoms with E-state index in [2.05, 4.69) is 47.3 Å². The molecule has 1 N–H and O–H groups in total. The molecule has 7 heteroatoms. The topological polar surface area (TPSA) is 60.2 Å². The van der Waals surface area contributed by atoms with E-state index in [4.69, 9.17) is 9.26 Å². The fourth-order valence-electron chi connectivity index (χ4n) is 1.70. The molecular weight excluding hydrogens is 378 g/mol. The highest BCUT2D eigenvalue weighted by atomic mass is 79.9. The van der Waals surface area contributed by atoms with Crippen molar-refractivity contribution >= 4 is 31.9 Å². The van der Waals surface area contributed by atoms with E-state index in [0.29, 0.717) is 18.9 Å². The number of benzene rings is 1. The Bertz CT molecular complexity index is 532. The predicted octanol–water partition coefficient (Wildman–Crippen LogP) is 2.94. The summed E-state index contributed by atoms with van der Waals surface area (Å²) in [6.45, 7) is 1.46. The number of halogens is 2. The van der Waals surface area contributed by atoms with E-state index in [1.807, 2.05) is 12.1 Å². The van der Waals surface area contributed by atoms with Crippen molar-refractivity contribution in [3.63, 3.8) is 0 Å². The minimum atomic E-state index is 0.634. The first kappa shape index (κ1) is 14.5. The molecule has 0 amide bonds. The summed E-state index contributed by atoms with van der Waals surface area (Å²) in [5, 5.41) is 6.88. The molecule has 0 atom stereocenters. The smallest absolute Gasteiger partial charge is 0.227 e. The molecular formula is C12H13Br2N3O2. The minimum Gasteiger partial charge on any atom is -0.495 e. The largest absolute Gasteiger partial charge is 0.495 e. The molecule has 0 fully saturated rings. The molecule has 1 heterocycles. The van der Waals surface area contributed by atoms with Gasteiger partial charge in [0.15, 0.2) is 6.33 Å². The van der Waals surface area contributed by atoms with E-state index >= 15 is 0 Å². The highest BCUT2D eigenvalue weighted by molar-refractivity contribution is 9.11. The second-order valence-corrected chi connectivity index (χ2v) is 5.61. The van der Waals surface area contributed by atoms with Crippen LogP contribution in [0, 0.1) is 0 Å². The van der Waals surface area contributed by atoms with Crippen molar-refractivity contribution in [3.8, 4) is 5.75 Å². The number of nitrogens with zero attached hydrogens (tertiary/aromatic N) is 2. The summed E-state index contributed by atoms with van der Waals surface area (Å²) < 4.78 is 12.3. The number of hydrogen-bond acceptors (Lipinski definition) is 5. The zero-order chi connectivity index (χ0) is 13.7. The van der Waals surface area contributed by atoms with E-state index < -0.39 is 0 Å². The van der Waals surface area contributed by atoms with Gasteiger partial charge in [-0.05, 0) is 28.1 Å². The van der Waals surface area contributed by atoms with Gasteiger partial charge >= 0.3 is 0 Å². The SMILES string of the molecule is COc1c(Br)cc(Br)cc1CNCCc1ncno1. The molecule has 0 unspecified atom stereocenters. The van der Waals surface area contributed by atoms with Gasteiger partial charge in [-0.3, -0.25) is 0 Å². The van der Waals surface area contributed by atoms with Gasteiger partial charge in [-0.25, -0.2) is 0 Å². The van der Waals surface area contributed by atoms with Crippen molar-refractivity contribution in [3.05, 3.63) is 38.9 Å². The van der Waals surface area contributed by atoms with Gasteiger partial charge in [0.25, 0.3) is 0 Å². The molecule has 0 saturated carbocycles. The summed E-state index contributed by atoms with van der Waals surface area (Å²) in [7, 11) is 1.66. The van der Waals surface area contributed by atoms with Crippen LogP contribution in [0.5, 0.6) is 5.75 Å². The molecule has 5 nitrogen and oxygen atoms in total. The fraction of sp³-hybridized carbons (Fsp3) is 0.333. The van der Waals surface area contributed by atoms with Gasteiger partial charge in [-0.2, -0.15) is 4.98 Å². The lowest BCUT2D eigenvalue weighted by Crippen LogP contribution is -2.17. The normalized spacial score (nSPS) is 10.7. The molecule has 0 aliphatic carbocycles. The third kappa shape index (κ3) is 4.02. The third-order valence-corrected chi connectivity index (χ3v) is 3.57. The molecule has 0 spiro atoms. The van der Waals surface area contributed by atoms with Gasteiger partial charge in [-0.15, -0.1) is 0 Å². The molecule has 19 heavy (non-hydrogen) atoms. The summed E-state index contributed by atoms with van der Waals surface area (Å²) >= 11 is 6.95. The van der Waals surface area contributed by atoms with E-state index in [0.717, 1.165) is 26.8 Å². The van der Waals surface area contributed by atoms with Gasteiger partial charge in [0, 0.05) is 29.5 Å². The number of aromatic nitrogens is 2. The van der Waals surface area contributed by atoms with Gasteiger partial charge < -0.3 is 14.6 Å². The Hall–Kier alpha value is -0.920. The van der Waals surface area contributed by atoms with Crippen molar-refractivity contribution in [2.45, 2.75) is 13.0 Å². The fourth-order valence-corrected chi connectivity index (χ4v) is 3.17. The van der Waals surface area contributed by atoms with Crippen LogP contribution in [0.25, 0.3) is 0 Å². The Balaban J connectivity index is 1.92. The van der Waals surface area contributed by atoms with Crippen LogP contribution in [0.3, 0.4) is 0 Å². The van der Waals surface area contributed by atoms with E-state index in [1.165, 1.54) is 6.33 Å². The zero-order valence-corrected chi connectivity index (χ0v) is 13.5. The molecule has 2 rings (SSSR count). The van der Waals surface area contributed by atoms with Crippen LogP contribution >= 0.6 is 31.9 Å². The molecule has 102 valence electrons. The van der Waals surface area contributed by atoms with E-state index in [-0.39, 0.29) is 0 Å². The summed E-state index contributed by atoms with van der Waals surface area (Å²) in [6, 6.07) is 3.99. The van der Waals surface area contributed by atoms with Gasteiger partial charge in [0.05, 0.1) is 11.6 Å². The van der Waals surface area contributed by atoms with Crippen molar-refractivity contribution in [2.75, 3.05) is 13.7 Å². The lowest BCUT2D eigenvalue weighted by Gasteiger charge is -2.11. The van der Waals surface area contributed by atoms with E-state index in [1.54, 1.807) is 7.11 Å². The van der Waals surface area contributed by atoms with Gasteiger partial charge in [0.1, 0.15) is 5.75 Å². The monoisotopic (exact) mass is 389 g/mol. The van der Waals surface area contributed by atoms with Gasteiger partial charge in [-0.1, -0.05) is 21.1 Å². The maximum Gasteiger partial charge on any atom is 0.227 e. The van der Waals surface area contributed by atoms with E-state index in [9.17, 15) is 0 Å². The van der Waals surface area contributed by atoms with Crippen molar-refractivity contribution in [1.82, 2.24) is 15.5 Å². The molecule has 0 radical (unpaired) electrons. The van der Waals surface area contributed by atoms with Crippen molar-refractivity contribution in [2.24, 2.45) is 0 Å². The Morgan fingerprint density at radius 1 is 1.37 bits per heavy atom. The van der Waals surface area contributed by atoms with Crippen molar-refractivity contribution < 1.29 is 9.26 Å². The van der Waals surface area contributed by atoms with Crippen LogP contribution in [0.2, 0.25) is 0 Å². The predicted molar refractivity (Wildman–Crippen MR) is 78.1 cm³/mol. The lowest BCUT2D eigenvalue weighted by atomic mass is 10.2. The molecule has 0 bridgehead atoms. The summed E-state index contributed by atoms with van der Waals surface area (Å²) in [5.74, 6) is 1.48. The average molecular weight is 391 g/mol. The second kappa shape index (κ2) is 7.02. The molecule has 1 aromatic heterocycles. The zero-order valence-electron chi connectivity index (χ0n) is 10.3. The average Bonchev–Trinajstić information content (AvgIpc) is 2.87. The summed E-state index contributed by atoms with van der Waals surface area (Å²) in [5.41, 5.74) is 1.08. The van der Waals surface area contributed by atoms with Crippen LogP contribution in [0.15, 0.2) is 31.9 Å². The maximum absolute atomic E-state index is 5.39. The molecule has 2 aromatic rings. The Morgan fingerprint density at radius 3 is 2.89 bits per heavy atom. The quantitative estimate of drug-likeness (QED) is 0.768. The minimum absolute atomic E-state index is 0.634. The first-order valence-electron chi connectivity index (χ1n) is 5.69. The van der Waals surface area contributed by atoms with Crippen LogP contribution in [-0.4, -0.2) is 23.8 Å². The van der Waals surface area contributed by atoms with Crippen molar-refractivity contribution in [1.29, 1.82) is 0 Å². The highest BCUT2D eigenvalue weighted by Crippen LogP contribution is 2.32. The van der Waals surface area contributed by atoms with Crippen LogP contribution in [0.4, 0.5) is 0 Å². The Kier molecular flexibility index (Phi) is 5.35. The molecule has 0 aliphatic rings. The lowest BCUT2D eigenvalue weighted by molar-refractivity contribution is 0.374. The molecule has 1 aromatic carbocycles. The first-order valence-corrected chi connectivity index (χ1v) is 7.27. The second-order valence-electron chi connectivity index (χ2n) is 3.84. The summed E-state index contributed by atoms with van der Waals surface area (Å²) in [6.07, 6.45) is 2.11. The van der Waals surface area contributed by atoms with Crippen LogP contribution in [-0.2, 0) is 13.0 Å².